The summed E-state index contributed by atoms with van der Waals surface area (Å²) in [4.78, 5) is 0. The van der Waals surface area contributed by atoms with E-state index in [1.807, 2.05) is 0 Å². The van der Waals surface area contributed by atoms with Gasteiger partial charge < -0.3 is 14.8 Å². The zero-order chi connectivity index (χ0) is 11.1. The van der Waals surface area contributed by atoms with E-state index in [-0.39, 0.29) is 0 Å². The van der Waals surface area contributed by atoms with Crippen molar-refractivity contribution in [1.82, 2.24) is 5.32 Å². The Kier molecular flexibility index (Phi) is 6.22. The lowest BCUT2D eigenvalue weighted by atomic mass is 10.00. The molecule has 15 heavy (non-hydrogen) atoms. The summed E-state index contributed by atoms with van der Waals surface area (Å²) in [5.41, 5.74) is 0. The summed E-state index contributed by atoms with van der Waals surface area (Å²) in [6.45, 7) is 7.73. The first-order chi connectivity index (χ1) is 7.25. The fourth-order valence-corrected chi connectivity index (χ4v) is 1.94. The van der Waals surface area contributed by atoms with Crippen molar-refractivity contribution in [3.63, 3.8) is 0 Å². The van der Waals surface area contributed by atoms with Crippen molar-refractivity contribution >= 4 is 0 Å². The predicted octanol–water partition coefficient (Wildman–Crippen LogP) is 1.67. The van der Waals surface area contributed by atoms with Gasteiger partial charge in [0, 0.05) is 19.7 Å². The van der Waals surface area contributed by atoms with Crippen molar-refractivity contribution < 1.29 is 9.47 Å². The Balaban J connectivity index is 1.97. The van der Waals surface area contributed by atoms with E-state index >= 15 is 0 Å². The molecule has 90 valence electrons. The van der Waals surface area contributed by atoms with Crippen LogP contribution in [0.25, 0.3) is 0 Å². The Morgan fingerprint density at radius 3 is 2.47 bits per heavy atom. The molecule has 0 amide bonds. The molecule has 0 spiro atoms. The summed E-state index contributed by atoms with van der Waals surface area (Å²) in [7, 11) is 1.70. The maximum Gasteiger partial charge on any atom is 0.0700 e. The van der Waals surface area contributed by atoms with Crippen LogP contribution in [0.1, 0.15) is 26.7 Å². The molecular weight excluding hydrogens is 190 g/mol. The quantitative estimate of drug-likeness (QED) is 0.594. The van der Waals surface area contributed by atoms with E-state index in [0.717, 1.165) is 25.0 Å². The molecule has 1 aliphatic carbocycles. The van der Waals surface area contributed by atoms with Crippen LogP contribution < -0.4 is 5.32 Å². The summed E-state index contributed by atoms with van der Waals surface area (Å²) >= 11 is 0. The molecule has 1 unspecified atom stereocenters. The minimum atomic E-state index is 0.691. The monoisotopic (exact) mass is 215 g/mol. The Hall–Kier alpha value is -0.120. The molecule has 3 nitrogen and oxygen atoms in total. The topological polar surface area (TPSA) is 30.5 Å². The molecule has 0 aromatic carbocycles. The lowest BCUT2D eigenvalue weighted by molar-refractivity contribution is 0.0700. The van der Waals surface area contributed by atoms with Crippen LogP contribution in [0.4, 0.5) is 0 Å². The van der Waals surface area contributed by atoms with E-state index in [2.05, 4.69) is 19.2 Å². The summed E-state index contributed by atoms with van der Waals surface area (Å²) in [5.74, 6) is 1.65. The van der Waals surface area contributed by atoms with Gasteiger partial charge in [-0.15, -0.1) is 0 Å². The van der Waals surface area contributed by atoms with E-state index in [1.54, 1.807) is 7.11 Å². The van der Waals surface area contributed by atoms with Crippen molar-refractivity contribution in [2.24, 2.45) is 11.8 Å². The maximum absolute atomic E-state index is 5.42. The lowest BCUT2D eigenvalue weighted by Crippen LogP contribution is -2.37. The molecule has 0 radical (unpaired) electrons. The third kappa shape index (κ3) is 5.50. The fraction of sp³-hybridized carbons (Fsp3) is 1.00. The number of nitrogens with one attached hydrogen (secondary N) is 1. The average Bonchev–Trinajstić information content (AvgIpc) is 3.00. The standard InChI is InChI=1S/C12H25NO2/c1-10(2)12(11-4-5-11)13-6-7-15-9-8-14-3/h10-13H,4-9H2,1-3H3. The Morgan fingerprint density at radius 2 is 1.93 bits per heavy atom. The van der Waals surface area contributed by atoms with Gasteiger partial charge in [-0.05, 0) is 24.7 Å². The third-order valence-electron chi connectivity index (χ3n) is 2.91. The molecular formula is C12H25NO2. The second kappa shape index (κ2) is 7.20. The minimum absolute atomic E-state index is 0.691. The van der Waals surface area contributed by atoms with E-state index in [4.69, 9.17) is 9.47 Å². The van der Waals surface area contributed by atoms with Crippen LogP contribution in [0.5, 0.6) is 0 Å². The van der Waals surface area contributed by atoms with Gasteiger partial charge >= 0.3 is 0 Å². The number of ether oxygens (including phenoxy) is 2. The normalized spacial score (nSPS) is 18.4. The molecule has 1 rings (SSSR count). The Bertz CT molecular complexity index is 156. The molecule has 3 heteroatoms. The molecule has 0 heterocycles. The van der Waals surface area contributed by atoms with Gasteiger partial charge in [-0.25, -0.2) is 0 Å². The first-order valence-corrected chi connectivity index (χ1v) is 6.05. The number of hydrogen-bond acceptors (Lipinski definition) is 3. The van der Waals surface area contributed by atoms with E-state index in [0.29, 0.717) is 19.3 Å². The zero-order valence-electron chi connectivity index (χ0n) is 10.3. The highest BCUT2D eigenvalue weighted by molar-refractivity contribution is 4.88. The highest BCUT2D eigenvalue weighted by Gasteiger charge is 2.32. The Labute approximate surface area is 93.5 Å². The van der Waals surface area contributed by atoms with Gasteiger partial charge in [0.1, 0.15) is 0 Å². The highest BCUT2D eigenvalue weighted by atomic mass is 16.5. The largest absolute Gasteiger partial charge is 0.382 e. The summed E-state index contributed by atoms with van der Waals surface area (Å²) in [5, 5.41) is 3.59. The van der Waals surface area contributed by atoms with Gasteiger partial charge in [-0.1, -0.05) is 13.8 Å². The molecule has 1 aliphatic rings. The average molecular weight is 215 g/mol. The van der Waals surface area contributed by atoms with Gasteiger partial charge in [0.25, 0.3) is 0 Å². The van der Waals surface area contributed by atoms with E-state index in [1.165, 1.54) is 12.8 Å². The molecule has 0 aromatic rings. The van der Waals surface area contributed by atoms with E-state index in [9.17, 15) is 0 Å². The van der Waals surface area contributed by atoms with Crippen LogP contribution in [0.15, 0.2) is 0 Å². The zero-order valence-corrected chi connectivity index (χ0v) is 10.3. The number of rotatable bonds is 9. The van der Waals surface area contributed by atoms with Crippen molar-refractivity contribution in [3.05, 3.63) is 0 Å². The molecule has 0 bridgehead atoms. The van der Waals surface area contributed by atoms with Gasteiger partial charge in [-0.2, -0.15) is 0 Å². The molecule has 1 fully saturated rings. The highest BCUT2D eigenvalue weighted by Crippen LogP contribution is 2.35. The molecule has 0 saturated heterocycles. The molecule has 0 aromatic heterocycles. The van der Waals surface area contributed by atoms with Crippen molar-refractivity contribution in [3.8, 4) is 0 Å². The van der Waals surface area contributed by atoms with Crippen LogP contribution in [0.2, 0.25) is 0 Å². The summed E-state index contributed by atoms with van der Waals surface area (Å²) < 4.78 is 10.3. The lowest BCUT2D eigenvalue weighted by Gasteiger charge is -2.22. The maximum atomic E-state index is 5.42. The van der Waals surface area contributed by atoms with Crippen LogP contribution in [-0.2, 0) is 9.47 Å². The smallest absolute Gasteiger partial charge is 0.0700 e. The first-order valence-electron chi connectivity index (χ1n) is 6.05. The van der Waals surface area contributed by atoms with E-state index < -0.39 is 0 Å². The van der Waals surface area contributed by atoms with Gasteiger partial charge in [-0.3, -0.25) is 0 Å². The van der Waals surface area contributed by atoms with Gasteiger partial charge in [0.15, 0.2) is 0 Å². The molecule has 1 saturated carbocycles. The first kappa shape index (κ1) is 12.9. The van der Waals surface area contributed by atoms with Gasteiger partial charge in [0.2, 0.25) is 0 Å². The van der Waals surface area contributed by atoms with Crippen LogP contribution >= 0.6 is 0 Å². The van der Waals surface area contributed by atoms with Crippen LogP contribution in [0.3, 0.4) is 0 Å². The molecule has 0 aliphatic heterocycles. The second-order valence-corrected chi connectivity index (χ2v) is 4.67. The summed E-state index contributed by atoms with van der Waals surface area (Å²) in [6, 6.07) is 0.691. The second-order valence-electron chi connectivity index (χ2n) is 4.67. The molecule has 1 atom stereocenters. The summed E-state index contributed by atoms with van der Waals surface area (Å²) in [6.07, 6.45) is 2.81. The van der Waals surface area contributed by atoms with Crippen LogP contribution in [0, 0.1) is 11.8 Å². The van der Waals surface area contributed by atoms with Crippen molar-refractivity contribution in [2.45, 2.75) is 32.7 Å². The van der Waals surface area contributed by atoms with Crippen LogP contribution in [-0.4, -0.2) is 39.5 Å². The van der Waals surface area contributed by atoms with Crippen molar-refractivity contribution in [2.75, 3.05) is 33.5 Å². The minimum Gasteiger partial charge on any atom is -0.382 e. The predicted molar refractivity (Wildman–Crippen MR) is 62.0 cm³/mol. The fourth-order valence-electron chi connectivity index (χ4n) is 1.94. The van der Waals surface area contributed by atoms with Crippen molar-refractivity contribution in [1.29, 1.82) is 0 Å². The third-order valence-corrected chi connectivity index (χ3v) is 2.91. The SMILES string of the molecule is COCCOCCNC(C(C)C)C1CC1. The Morgan fingerprint density at radius 1 is 1.20 bits per heavy atom. The number of hydrogen-bond donors (Lipinski definition) is 1. The molecule has 1 N–H and O–H groups in total. The van der Waals surface area contributed by atoms with Gasteiger partial charge in [0.05, 0.1) is 19.8 Å². The number of methoxy groups -OCH3 is 1.